The van der Waals surface area contributed by atoms with Gasteiger partial charge in [-0.15, -0.1) is 0 Å². The molecule has 1 saturated carbocycles. The van der Waals surface area contributed by atoms with E-state index < -0.39 is 12.0 Å². The summed E-state index contributed by atoms with van der Waals surface area (Å²) in [6.07, 6.45) is 8.53. The number of fused-ring (bicyclic) bond motifs is 1. The van der Waals surface area contributed by atoms with E-state index in [9.17, 15) is 14.7 Å². The largest absolute Gasteiger partial charge is 0.480 e. The van der Waals surface area contributed by atoms with Crippen LogP contribution in [0, 0.1) is 5.92 Å². The molecule has 1 N–H and O–H groups in total. The van der Waals surface area contributed by atoms with E-state index in [1.54, 1.807) is 4.90 Å². The number of piperidine rings is 1. The first-order valence-electron chi connectivity index (χ1n) is 7.98. The highest BCUT2D eigenvalue weighted by atomic mass is 16.4. The molecular formula is C15H24N2O3. The first-order chi connectivity index (χ1) is 9.68. The van der Waals surface area contributed by atoms with Crippen LogP contribution in [0.15, 0.2) is 0 Å². The van der Waals surface area contributed by atoms with E-state index in [1.165, 1.54) is 25.7 Å². The predicted octanol–water partition coefficient (Wildman–Crippen LogP) is 2.31. The summed E-state index contributed by atoms with van der Waals surface area (Å²) < 4.78 is 0. The second kappa shape index (κ2) is 5.62. The third-order valence-corrected chi connectivity index (χ3v) is 5.27. The molecule has 5 heteroatoms. The Kier molecular flexibility index (Phi) is 3.85. The third kappa shape index (κ3) is 2.38. The van der Waals surface area contributed by atoms with Crippen molar-refractivity contribution in [3.8, 4) is 0 Å². The van der Waals surface area contributed by atoms with Gasteiger partial charge in [-0.3, -0.25) is 0 Å². The SMILES string of the molecule is O=C(O)C1CCCN1C(=O)N1CCC[C@H]2CCCC[C@H]21. The maximum absolute atomic E-state index is 12.8. The molecule has 3 atom stereocenters. The number of hydrogen-bond donors (Lipinski definition) is 1. The highest BCUT2D eigenvalue weighted by Gasteiger charge is 2.41. The van der Waals surface area contributed by atoms with Crippen LogP contribution in [0.3, 0.4) is 0 Å². The van der Waals surface area contributed by atoms with Crippen LogP contribution >= 0.6 is 0 Å². The molecular weight excluding hydrogens is 256 g/mol. The molecule has 3 aliphatic rings. The Bertz CT molecular complexity index is 397. The van der Waals surface area contributed by atoms with Crippen molar-refractivity contribution in [3.05, 3.63) is 0 Å². The standard InChI is InChI=1S/C15H24N2O3/c18-14(19)13-8-4-10-17(13)15(20)16-9-3-6-11-5-1-2-7-12(11)16/h11-13H,1-10H2,(H,18,19)/t11-,12-,13?/m1/s1. The summed E-state index contributed by atoms with van der Waals surface area (Å²) in [5.74, 6) is -0.208. The number of nitrogens with zero attached hydrogens (tertiary/aromatic N) is 2. The summed E-state index contributed by atoms with van der Waals surface area (Å²) >= 11 is 0. The van der Waals surface area contributed by atoms with Gasteiger partial charge in [0.25, 0.3) is 0 Å². The van der Waals surface area contributed by atoms with Crippen LogP contribution in [0.25, 0.3) is 0 Å². The zero-order valence-corrected chi connectivity index (χ0v) is 12.0. The van der Waals surface area contributed by atoms with Crippen molar-refractivity contribution < 1.29 is 14.7 Å². The average Bonchev–Trinajstić information content (AvgIpc) is 2.95. The number of aliphatic carboxylic acids is 1. The molecule has 0 aromatic rings. The lowest BCUT2D eigenvalue weighted by Crippen LogP contribution is -2.56. The Morgan fingerprint density at radius 1 is 0.850 bits per heavy atom. The molecule has 20 heavy (non-hydrogen) atoms. The molecule has 3 fully saturated rings. The van der Waals surface area contributed by atoms with E-state index in [-0.39, 0.29) is 6.03 Å². The van der Waals surface area contributed by atoms with Crippen molar-refractivity contribution in [2.45, 2.75) is 63.5 Å². The molecule has 2 saturated heterocycles. The normalized spacial score (nSPS) is 33.9. The highest BCUT2D eigenvalue weighted by Crippen LogP contribution is 2.36. The smallest absolute Gasteiger partial charge is 0.326 e. The van der Waals surface area contributed by atoms with Crippen LogP contribution < -0.4 is 0 Å². The van der Waals surface area contributed by atoms with E-state index >= 15 is 0 Å². The minimum atomic E-state index is -0.854. The Labute approximate surface area is 119 Å². The molecule has 5 nitrogen and oxygen atoms in total. The van der Waals surface area contributed by atoms with Gasteiger partial charge >= 0.3 is 12.0 Å². The first kappa shape index (κ1) is 13.7. The van der Waals surface area contributed by atoms with Gasteiger partial charge in [0.2, 0.25) is 0 Å². The monoisotopic (exact) mass is 280 g/mol. The molecule has 3 rings (SSSR count). The molecule has 1 aliphatic carbocycles. The topological polar surface area (TPSA) is 60.9 Å². The minimum Gasteiger partial charge on any atom is -0.480 e. The second-order valence-corrected chi connectivity index (χ2v) is 6.42. The molecule has 1 unspecified atom stereocenters. The van der Waals surface area contributed by atoms with Crippen molar-refractivity contribution in [1.29, 1.82) is 0 Å². The number of carboxylic acids is 1. The van der Waals surface area contributed by atoms with Gasteiger partial charge in [-0.2, -0.15) is 0 Å². The quantitative estimate of drug-likeness (QED) is 0.801. The van der Waals surface area contributed by atoms with E-state index in [0.29, 0.717) is 24.9 Å². The van der Waals surface area contributed by atoms with Crippen LogP contribution in [0.5, 0.6) is 0 Å². The Morgan fingerprint density at radius 3 is 2.30 bits per heavy atom. The molecule has 0 spiro atoms. The zero-order chi connectivity index (χ0) is 14.1. The summed E-state index contributed by atoms with van der Waals surface area (Å²) in [5, 5.41) is 9.25. The number of rotatable bonds is 1. The van der Waals surface area contributed by atoms with Gasteiger partial charge in [-0.05, 0) is 44.4 Å². The molecule has 2 amide bonds. The van der Waals surface area contributed by atoms with E-state index in [0.717, 1.165) is 25.8 Å². The summed E-state index contributed by atoms with van der Waals surface area (Å²) in [6, 6.07) is -0.266. The van der Waals surface area contributed by atoms with Crippen molar-refractivity contribution >= 4 is 12.0 Å². The van der Waals surface area contributed by atoms with Crippen LogP contribution in [-0.2, 0) is 4.79 Å². The fourth-order valence-corrected chi connectivity index (χ4v) is 4.28. The minimum absolute atomic E-state index is 0.0218. The lowest BCUT2D eigenvalue weighted by molar-refractivity contribution is -0.141. The Balaban J connectivity index is 1.73. The summed E-state index contributed by atoms with van der Waals surface area (Å²) in [6.45, 7) is 1.41. The summed E-state index contributed by atoms with van der Waals surface area (Å²) in [5.41, 5.74) is 0. The number of carbonyl (C=O) groups is 2. The number of carboxylic acid groups (broad SMARTS) is 1. The number of urea groups is 1. The molecule has 112 valence electrons. The number of carbonyl (C=O) groups excluding carboxylic acids is 1. The van der Waals surface area contributed by atoms with Crippen LogP contribution in [-0.4, -0.2) is 52.1 Å². The van der Waals surface area contributed by atoms with Gasteiger partial charge in [0.1, 0.15) is 6.04 Å². The molecule has 2 heterocycles. The van der Waals surface area contributed by atoms with Crippen LogP contribution in [0.4, 0.5) is 4.79 Å². The maximum atomic E-state index is 12.8. The highest BCUT2D eigenvalue weighted by molar-refractivity contribution is 5.83. The van der Waals surface area contributed by atoms with Crippen molar-refractivity contribution in [2.24, 2.45) is 5.92 Å². The first-order valence-corrected chi connectivity index (χ1v) is 7.98. The van der Waals surface area contributed by atoms with Gasteiger partial charge in [0.15, 0.2) is 0 Å². The van der Waals surface area contributed by atoms with Crippen LogP contribution in [0.1, 0.15) is 51.4 Å². The molecule has 0 bridgehead atoms. The van der Waals surface area contributed by atoms with Gasteiger partial charge in [-0.25, -0.2) is 9.59 Å². The van der Waals surface area contributed by atoms with Crippen molar-refractivity contribution in [3.63, 3.8) is 0 Å². The fourth-order valence-electron chi connectivity index (χ4n) is 4.28. The number of hydrogen-bond acceptors (Lipinski definition) is 2. The zero-order valence-electron chi connectivity index (χ0n) is 12.0. The van der Waals surface area contributed by atoms with E-state index in [2.05, 4.69) is 0 Å². The maximum Gasteiger partial charge on any atom is 0.326 e. The van der Waals surface area contributed by atoms with Gasteiger partial charge in [0, 0.05) is 19.1 Å². The Morgan fingerprint density at radius 2 is 1.50 bits per heavy atom. The summed E-state index contributed by atoms with van der Waals surface area (Å²) in [4.78, 5) is 27.6. The van der Waals surface area contributed by atoms with E-state index in [4.69, 9.17) is 0 Å². The third-order valence-electron chi connectivity index (χ3n) is 5.27. The number of likely N-dealkylation sites (tertiary alicyclic amines) is 2. The van der Waals surface area contributed by atoms with Gasteiger partial charge in [0.05, 0.1) is 0 Å². The van der Waals surface area contributed by atoms with Crippen LogP contribution in [0.2, 0.25) is 0 Å². The Hall–Kier alpha value is -1.26. The number of amides is 2. The molecule has 0 aromatic heterocycles. The fraction of sp³-hybridized carbons (Fsp3) is 0.867. The van der Waals surface area contributed by atoms with Gasteiger partial charge < -0.3 is 14.9 Å². The predicted molar refractivity (Wildman–Crippen MR) is 74.4 cm³/mol. The van der Waals surface area contributed by atoms with Gasteiger partial charge in [-0.1, -0.05) is 12.8 Å². The lowest BCUT2D eigenvalue weighted by atomic mass is 9.78. The molecule has 0 aromatic carbocycles. The molecule has 2 aliphatic heterocycles. The second-order valence-electron chi connectivity index (χ2n) is 6.42. The summed E-state index contributed by atoms with van der Waals surface area (Å²) in [7, 11) is 0. The van der Waals surface area contributed by atoms with E-state index in [1.807, 2.05) is 4.90 Å². The average molecular weight is 280 g/mol. The lowest BCUT2D eigenvalue weighted by Gasteiger charge is -2.45. The van der Waals surface area contributed by atoms with Crippen molar-refractivity contribution in [2.75, 3.05) is 13.1 Å². The molecule has 0 radical (unpaired) electrons. The van der Waals surface area contributed by atoms with Crippen molar-refractivity contribution in [1.82, 2.24) is 9.80 Å².